The van der Waals surface area contributed by atoms with Gasteiger partial charge >= 0.3 is 0 Å². The second kappa shape index (κ2) is 4.53. The highest BCUT2D eigenvalue weighted by Crippen LogP contribution is 2.47. The molecule has 2 amide bonds. The van der Waals surface area contributed by atoms with Crippen molar-refractivity contribution in [1.82, 2.24) is 10.1 Å². The molecule has 2 aliphatic rings. The lowest BCUT2D eigenvalue weighted by molar-refractivity contribution is -0.140. The molecule has 1 unspecified atom stereocenters. The smallest absolute Gasteiger partial charge is 0.240 e. The van der Waals surface area contributed by atoms with E-state index < -0.39 is 5.41 Å². The number of amides is 2. The third-order valence-corrected chi connectivity index (χ3v) is 4.75. The van der Waals surface area contributed by atoms with Crippen molar-refractivity contribution in [3.8, 4) is 0 Å². The van der Waals surface area contributed by atoms with E-state index in [2.05, 4.69) is 5.16 Å². The van der Waals surface area contributed by atoms with E-state index in [9.17, 15) is 9.59 Å². The number of likely N-dealkylation sites (tertiary alicyclic amines) is 1. The lowest BCUT2D eigenvalue weighted by Gasteiger charge is -2.22. The molecule has 0 N–H and O–H groups in total. The Bertz CT molecular complexity index is 780. The summed E-state index contributed by atoms with van der Waals surface area (Å²) in [6, 6.07) is 9.70. The van der Waals surface area contributed by atoms with Gasteiger partial charge in [0.1, 0.15) is 0 Å². The number of aryl methyl sites for hydroxylation is 2. The van der Waals surface area contributed by atoms with Crippen molar-refractivity contribution in [2.24, 2.45) is 0 Å². The van der Waals surface area contributed by atoms with Crippen molar-refractivity contribution < 1.29 is 14.1 Å². The van der Waals surface area contributed by atoms with Crippen molar-refractivity contribution in [3.05, 3.63) is 52.9 Å². The highest BCUT2D eigenvalue weighted by molar-refractivity contribution is 6.09. The van der Waals surface area contributed by atoms with Gasteiger partial charge in [-0.15, -0.1) is 0 Å². The monoisotopic (exact) mass is 296 g/mol. The Hall–Kier alpha value is -2.43. The molecular formula is C17H16N2O3. The quantitative estimate of drug-likeness (QED) is 0.796. The van der Waals surface area contributed by atoms with Gasteiger partial charge in [-0.1, -0.05) is 29.4 Å². The molecule has 1 atom stereocenters. The zero-order valence-corrected chi connectivity index (χ0v) is 12.3. The summed E-state index contributed by atoms with van der Waals surface area (Å²) in [5.74, 6) is 0.315. The molecule has 1 aromatic carbocycles. The molecule has 2 heterocycles. The molecule has 1 aromatic heterocycles. The minimum atomic E-state index is -0.664. The maximum Gasteiger partial charge on any atom is 0.240 e. The van der Waals surface area contributed by atoms with Crippen LogP contribution in [-0.4, -0.2) is 21.9 Å². The summed E-state index contributed by atoms with van der Waals surface area (Å²) >= 11 is 0. The van der Waals surface area contributed by atoms with E-state index >= 15 is 0 Å². The third-order valence-electron chi connectivity index (χ3n) is 4.75. The summed E-state index contributed by atoms with van der Waals surface area (Å²) in [5.41, 5.74) is 2.28. The fraction of sp³-hybridized carbons (Fsp3) is 0.353. The average molecular weight is 296 g/mol. The van der Waals surface area contributed by atoms with Crippen LogP contribution >= 0.6 is 0 Å². The zero-order valence-electron chi connectivity index (χ0n) is 12.3. The predicted molar refractivity (Wildman–Crippen MR) is 77.9 cm³/mol. The van der Waals surface area contributed by atoms with Gasteiger partial charge in [-0.25, -0.2) is 0 Å². The van der Waals surface area contributed by atoms with Crippen molar-refractivity contribution in [1.29, 1.82) is 0 Å². The second-order valence-corrected chi connectivity index (χ2v) is 6.14. The van der Waals surface area contributed by atoms with Crippen LogP contribution in [0.25, 0.3) is 0 Å². The number of benzene rings is 1. The number of carbonyl (C=O) groups is 2. The van der Waals surface area contributed by atoms with E-state index in [1.165, 1.54) is 10.5 Å². The molecule has 1 aliphatic carbocycles. The predicted octanol–water partition coefficient (Wildman–Crippen LogP) is 2.13. The molecular weight excluding hydrogens is 280 g/mol. The topological polar surface area (TPSA) is 63.4 Å². The van der Waals surface area contributed by atoms with Gasteiger partial charge in [-0.2, -0.15) is 0 Å². The van der Waals surface area contributed by atoms with Crippen LogP contribution in [0.1, 0.15) is 35.4 Å². The first-order valence-corrected chi connectivity index (χ1v) is 7.45. The summed E-state index contributed by atoms with van der Waals surface area (Å²) in [6.45, 7) is 1.98. The standard InChI is InChI=1S/C17H16N2O3/c1-11-8-13(22-18-11)10-19-15(20)9-17(16(19)21)7-6-12-4-2-3-5-14(12)17/h2-5,8H,6-7,9-10H2,1H3. The lowest BCUT2D eigenvalue weighted by atomic mass is 9.80. The fourth-order valence-electron chi connectivity index (χ4n) is 3.70. The van der Waals surface area contributed by atoms with Gasteiger partial charge in [-0.05, 0) is 30.9 Å². The minimum absolute atomic E-state index is 0.100. The number of imide groups is 1. The molecule has 0 radical (unpaired) electrons. The Labute approximate surface area is 127 Å². The zero-order chi connectivity index (χ0) is 15.3. The van der Waals surface area contributed by atoms with Gasteiger partial charge in [0.05, 0.1) is 17.7 Å². The van der Waals surface area contributed by atoms with E-state index in [1.54, 1.807) is 6.07 Å². The van der Waals surface area contributed by atoms with Crippen LogP contribution in [0.5, 0.6) is 0 Å². The van der Waals surface area contributed by atoms with Crippen molar-refractivity contribution >= 4 is 11.8 Å². The maximum atomic E-state index is 13.0. The molecule has 1 fully saturated rings. The van der Waals surface area contributed by atoms with Crippen LogP contribution in [0.2, 0.25) is 0 Å². The first-order valence-electron chi connectivity index (χ1n) is 7.45. The number of nitrogens with zero attached hydrogens (tertiary/aromatic N) is 2. The van der Waals surface area contributed by atoms with Gasteiger partial charge in [0.2, 0.25) is 11.8 Å². The van der Waals surface area contributed by atoms with Crippen LogP contribution in [0.3, 0.4) is 0 Å². The van der Waals surface area contributed by atoms with E-state index in [1.807, 2.05) is 31.2 Å². The average Bonchev–Trinajstić information content (AvgIpc) is 3.15. The van der Waals surface area contributed by atoms with Crippen molar-refractivity contribution in [2.45, 2.75) is 38.1 Å². The summed E-state index contributed by atoms with van der Waals surface area (Å²) < 4.78 is 5.15. The van der Waals surface area contributed by atoms with Gasteiger partial charge in [0.15, 0.2) is 5.76 Å². The van der Waals surface area contributed by atoms with Crippen LogP contribution in [0, 0.1) is 6.92 Å². The van der Waals surface area contributed by atoms with Crippen LogP contribution in [0.15, 0.2) is 34.9 Å². The summed E-state index contributed by atoms with van der Waals surface area (Å²) in [5, 5.41) is 3.81. The first-order chi connectivity index (χ1) is 10.6. The molecule has 1 saturated heterocycles. The number of rotatable bonds is 2. The van der Waals surface area contributed by atoms with Crippen molar-refractivity contribution in [2.75, 3.05) is 0 Å². The molecule has 5 nitrogen and oxygen atoms in total. The van der Waals surface area contributed by atoms with Crippen LogP contribution in [-0.2, 0) is 28.0 Å². The van der Waals surface area contributed by atoms with Crippen LogP contribution < -0.4 is 0 Å². The molecule has 22 heavy (non-hydrogen) atoms. The summed E-state index contributed by atoms with van der Waals surface area (Å²) in [7, 11) is 0. The number of hydrogen-bond donors (Lipinski definition) is 0. The molecule has 1 spiro atoms. The van der Waals surface area contributed by atoms with Crippen molar-refractivity contribution in [3.63, 3.8) is 0 Å². The summed E-state index contributed by atoms with van der Waals surface area (Å²) in [6.07, 6.45) is 1.82. The molecule has 112 valence electrons. The van der Waals surface area contributed by atoms with Gasteiger partial charge in [0.25, 0.3) is 0 Å². The molecule has 0 bridgehead atoms. The van der Waals surface area contributed by atoms with Gasteiger partial charge < -0.3 is 4.52 Å². The Morgan fingerprint density at radius 2 is 2.14 bits per heavy atom. The van der Waals surface area contributed by atoms with Crippen LogP contribution in [0.4, 0.5) is 0 Å². The summed E-state index contributed by atoms with van der Waals surface area (Å²) in [4.78, 5) is 26.7. The van der Waals surface area contributed by atoms with E-state index in [0.717, 1.165) is 17.7 Å². The molecule has 1 aliphatic heterocycles. The Balaban J connectivity index is 1.68. The van der Waals surface area contributed by atoms with Gasteiger partial charge in [-0.3, -0.25) is 14.5 Å². The second-order valence-electron chi connectivity index (χ2n) is 6.14. The first kappa shape index (κ1) is 13.2. The van der Waals surface area contributed by atoms with E-state index in [0.29, 0.717) is 12.2 Å². The molecule has 5 heteroatoms. The maximum absolute atomic E-state index is 13.0. The number of carbonyl (C=O) groups excluding carboxylic acids is 2. The Morgan fingerprint density at radius 1 is 1.32 bits per heavy atom. The SMILES string of the molecule is Cc1cc(CN2C(=O)CC3(CCc4ccccc43)C2=O)on1. The normalized spacial score (nSPS) is 23.6. The minimum Gasteiger partial charge on any atom is -0.359 e. The number of hydrogen-bond acceptors (Lipinski definition) is 4. The number of aromatic nitrogens is 1. The molecule has 2 aromatic rings. The third kappa shape index (κ3) is 1.75. The highest BCUT2D eigenvalue weighted by Gasteiger charge is 2.55. The molecule has 0 saturated carbocycles. The van der Waals surface area contributed by atoms with E-state index in [4.69, 9.17) is 4.52 Å². The molecule has 4 rings (SSSR count). The van der Waals surface area contributed by atoms with E-state index in [-0.39, 0.29) is 24.8 Å². The Morgan fingerprint density at radius 3 is 2.91 bits per heavy atom. The largest absolute Gasteiger partial charge is 0.359 e. The lowest BCUT2D eigenvalue weighted by Crippen LogP contribution is -2.36. The van der Waals surface area contributed by atoms with Gasteiger partial charge in [0, 0.05) is 12.5 Å². The number of fused-ring (bicyclic) bond motifs is 2. The fourth-order valence-corrected chi connectivity index (χ4v) is 3.70. The Kier molecular flexibility index (Phi) is 2.73. The highest BCUT2D eigenvalue weighted by atomic mass is 16.5.